The largest absolute Gasteiger partial charge is 0.353 e. The quantitative estimate of drug-likeness (QED) is 0.718. The van der Waals surface area contributed by atoms with Gasteiger partial charge in [-0.2, -0.15) is 0 Å². The molecular weight excluding hydrogens is 416 g/mol. The first-order valence-electron chi connectivity index (χ1n) is 10.1. The molecule has 0 aliphatic carbocycles. The van der Waals surface area contributed by atoms with Crippen LogP contribution in [0.3, 0.4) is 0 Å². The van der Waals surface area contributed by atoms with Gasteiger partial charge in [0.1, 0.15) is 17.3 Å². The summed E-state index contributed by atoms with van der Waals surface area (Å²) in [6, 6.07) is 12.6. The van der Waals surface area contributed by atoms with Gasteiger partial charge < -0.3 is 9.80 Å². The summed E-state index contributed by atoms with van der Waals surface area (Å²) in [5.74, 6) is -0.180. The molecule has 0 atom stereocenters. The summed E-state index contributed by atoms with van der Waals surface area (Å²) in [4.78, 5) is 33.5. The van der Waals surface area contributed by atoms with Gasteiger partial charge in [0.25, 0.3) is 15.9 Å². The molecule has 4 rings (SSSR count). The highest BCUT2D eigenvalue weighted by Crippen LogP contribution is 2.35. The van der Waals surface area contributed by atoms with E-state index in [1.807, 2.05) is 25.1 Å². The molecule has 9 heteroatoms. The number of hydrogen-bond donors (Lipinski definition) is 0. The van der Waals surface area contributed by atoms with Crippen molar-refractivity contribution in [3.05, 3.63) is 65.4 Å². The normalized spacial score (nSPS) is 18.6. The summed E-state index contributed by atoms with van der Waals surface area (Å²) in [6.45, 7) is 4.97. The highest BCUT2D eigenvalue weighted by Gasteiger charge is 2.43. The number of carbonyl (C=O) groups excluding carboxylic acids is 2. The van der Waals surface area contributed by atoms with Crippen LogP contribution in [0, 0.1) is 6.92 Å². The lowest BCUT2D eigenvalue weighted by molar-refractivity contribution is -0.135. The van der Waals surface area contributed by atoms with Crippen LogP contribution in [0.4, 0.5) is 5.82 Å². The number of amides is 2. The minimum absolute atomic E-state index is 0.0229. The lowest BCUT2D eigenvalue weighted by atomic mass is 10.1. The van der Waals surface area contributed by atoms with Crippen molar-refractivity contribution >= 4 is 32.6 Å². The Bertz CT molecular complexity index is 1140. The van der Waals surface area contributed by atoms with E-state index in [-0.39, 0.29) is 16.4 Å². The molecule has 0 radical (unpaired) electrons. The van der Waals surface area contributed by atoms with E-state index in [2.05, 4.69) is 9.88 Å². The summed E-state index contributed by atoms with van der Waals surface area (Å²) >= 11 is 0. The van der Waals surface area contributed by atoms with Gasteiger partial charge in [0.2, 0.25) is 5.91 Å². The van der Waals surface area contributed by atoms with Crippen LogP contribution in [-0.4, -0.2) is 67.1 Å². The zero-order chi connectivity index (χ0) is 22.2. The maximum atomic E-state index is 13.1. The number of anilines is 1. The highest BCUT2D eigenvalue weighted by atomic mass is 32.2. The maximum absolute atomic E-state index is 13.1. The van der Waals surface area contributed by atoms with Crippen LogP contribution in [0.5, 0.6) is 0 Å². The first-order valence-corrected chi connectivity index (χ1v) is 11.5. The minimum Gasteiger partial charge on any atom is -0.353 e. The van der Waals surface area contributed by atoms with Crippen LogP contribution < -0.4 is 4.90 Å². The van der Waals surface area contributed by atoms with Crippen molar-refractivity contribution in [3.63, 3.8) is 0 Å². The monoisotopic (exact) mass is 440 g/mol. The van der Waals surface area contributed by atoms with E-state index in [0.717, 1.165) is 11.4 Å². The third kappa shape index (κ3) is 3.93. The number of pyridine rings is 1. The Morgan fingerprint density at radius 3 is 2.29 bits per heavy atom. The van der Waals surface area contributed by atoms with E-state index in [0.29, 0.717) is 36.0 Å². The molecule has 0 bridgehead atoms. The van der Waals surface area contributed by atoms with Gasteiger partial charge >= 0.3 is 0 Å². The van der Waals surface area contributed by atoms with Crippen molar-refractivity contribution in [1.82, 2.24) is 14.2 Å². The number of rotatable bonds is 4. The second kappa shape index (κ2) is 8.14. The Hall–Kier alpha value is -3.20. The number of nitrogens with zero attached hydrogens (tertiary/aromatic N) is 4. The molecule has 2 aromatic rings. The van der Waals surface area contributed by atoms with Gasteiger partial charge in [-0.3, -0.25) is 9.59 Å². The van der Waals surface area contributed by atoms with E-state index < -0.39 is 22.5 Å². The average molecular weight is 441 g/mol. The zero-order valence-electron chi connectivity index (χ0n) is 17.5. The van der Waals surface area contributed by atoms with Crippen molar-refractivity contribution in [2.75, 3.05) is 37.6 Å². The van der Waals surface area contributed by atoms with Crippen LogP contribution in [-0.2, 0) is 19.6 Å². The zero-order valence-corrected chi connectivity index (χ0v) is 18.3. The Kier molecular flexibility index (Phi) is 5.53. The summed E-state index contributed by atoms with van der Waals surface area (Å²) in [5.41, 5.74) is 1.58. The van der Waals surface area contributed by atoms with Gasteiger partial charge in [-0.05, 0) is 31.5 Å². The molecule has 0 N–H and O–H groups in total. The van der Waals surface area contributed by atoms with E-state index in [1.165, 1.54) is 6.92 Å². The van der Waals surface area contributed by atoms with Gasteiger partial charge in [-0.15, -0.1) is 0 Å². The number of carbonyl (C=O) groups is 2. The molecule has 1 fully saturated rings. The molecule has 2 aliphatic heterocycles. The van der Waals surface area contributed by atoms with Gasteiger partial charge in [-0.25, -0.2) is 17.7 Å². The number of aryl methyl sites for hydroxylation is 1. The average Bonchev–Trinajstić information content (AvgIpc) is 2.94. The SMILES string of the molecule is CC1=C(c2ccc(C)cc2)S(=O)(=O)N(CC(=O)N2CCN(c3ccccn3)CC2)C1=O. The van der Waals surface area contributed by atoms with Crippen LogP contribution in [0.1, 0.15) is 18.1 Å². The standard InChI is InChI=1S/C22H24N4O4S/c1-16-6-8-18(9-7-16)21-17(2)22(28)26(31(21,29)30)15-20(27)25-13-11-24(12-14-25)19-5-3-4-10-23-19/h3-10H,11-15H2,1-2H3. The van der Waals surface area contributed by atoms with Gasteiger partial charge in [0.15, 0.2) is 0 Å². The lowest BCUT2D eigenvalue weighted by Crippen LogP contribution is -2.52. The third-order valence-electron chi connectivity index (χ3n) is 5.63. The van der Waals surface area contributed by atoms with Crippen molar-refractivity contribution in [2.45, 2.75) is 13.8 Å². The predicted molar refractivity (Wildman–Crippen MR) is 117 cm³/mol. The van der Waals surface area contributed by atoms with Gasteiger partial charge in [0.05, 0.1) is 0 Å². The van der Waals surface area contributed by atoms with Crippen LogP contribution in [0.2, 0.25) is 0 Å². The summed E-state index contributed by atoms with van der Waals surface area (Å²) in [5, 5.41) is 0. The van der Waals surface area contributed by atoms with Crippen molar-refractivity contribution in [3.8, 4) is 0 Å². The molecule has 0 unspecified atom stereocenters. The number of sulfonamides is 1. The predicted octanol–water partition coefficient (Wildman–Crippen LogP) is 1.64. The molecule has 8 nitrogen and oxygen atoms in total. The molecule has 2 amide bonds. The summed E-state index contributed by atoms with van der Waals surface area (Å²) in [7, 11) is -4.08. The molecule has 3 heterocycles. The lowest BCUT2D eigenvalue weighted by Gasteiger charge is -2.36. The van der Waals surface area contributed by atoms with E-state index in [1.54, 1.807) is 35.4 Å². The molecule has 0 spiro atoms. The van der Waals surface area contributed by atoms with Gasteiger partial charge in [-0.1, -0.05) is 35.9 Å². The van der Waals surface area contributed by atoms with Crippen LogP contribution in [0.15, 0.2) is 54.2 Å². The van der Waals surface area contributed by atoms with E-state index >= 15 is 0 Å². The minimum atomic E-state index is -4.08. The summed E-state index contributed by atoms with van der Waals surface area (Å²) in [6.07, 6.45) is 1.72. The van der Waals surface area contributed by atoms with E-state index in [4.69, 9.17) is 0 Å². The third-order valence-corrected chi connectivity index (χ3v) is 7.57. The fraction of sp³-hybridized carbons (Fsp3) is 0.318. The first-order chi connectivity index (χ1) is 14.8. The summed E-state index contributed by atoms with van der Waals surface area (Å²) < 4.78 is 26.9. The molecule has 162 valence electrons. The Balaban J connectivity index is 1.46. The van der Waals surface area contributed by atoms with Crippen molar-refractivity contribution in [1.29, 1.82) is 0 Å². The second-order valence-corrected chi connectivity index (χ2v) is 9.49. The Labute approximate surface area is 181 Å². The molecule has 1 aromatic carbocycles. The highest BCUT2D eigenvalue weighted by molar-refractivity contribution is 7.99. The van der Waals surface area contributed by atoms with E-state index in [9.17, 15) is 18.0 Å². The van der Waals surface area contributed by atoms with Gasteiger partial charge in [0, 0.05) is 37.9 Å². The topological polar surface area (TPSA) is 90.9 Å². The van der Waals surface area contributed by atoms with Crippen molar-refractivity contribution < 1.29 is 18.0 Å². The maximum Gasteiger partial charge on any atom is 0.268 e. The number of benzene rings is 1. The second-order valence-electron chi connectivity index (χ2n) is 7.69. The Morgan fingerprint density at radius 2 is 1.68 bits per heavy atom. The fourth-order valence-corrected chi connectivity index (χ4v) is 5.64. The Morgan fingerprint density at radius 1 is 1.00 bits per heavy atom. The van der Waals surface area contributed by atoms with Crippen LogP contribution >= 0.6 is 0 Å². The molecule has 1 saturated heterocycles. The molecule has 2 aliphatic rings. The molecule has 31 heavy (non-hydrogen) atoms. The number of hydrogen-bond acceptors (Lipinski definition) is 6. The fourth-order valence-electron chi connectivity index (χ4n) is 3.87. The number of aromatic nitrogens is 1. The molecule has 0 saturated carbocycles. The number of piperazine rings is 1. The van der Waals surface area contributed by atoms with Crippen LogP contribution in [0.25, 0.3) is 4.91 Å². The smallest absolute Gasteiger partial charge is 0.268 e. The molecule has 1 aromatic heterocycles. The van der Waals surface area contributed by atoms with Crippen molar-refractivity contribution in [2.24, 2.45) is 0 Å². The molecular formula is C22H24N4O4S. The first kappa shape index (κ1) is 21.0.